The van der Waals surface area contributed by atoms with Gasteiger partial charge >= 0.3 is 0 Å². The lowest BCUT2D eigenvalue weighted by Gasteiger charge is -2.26. The summed E-state index contributed by atoms with van der Waals surface area (Å²) in [6.07, 6.45) is 6.69. The van der Waals surface area contributed by atoms with E-state index in [-0.39, 0.29) is 11.3 Å². The highest BCUT2D eigenvalue weighted by molar-refractivity contribution is 5.83. The molecule has 1 unspecified atom stereocenters. The summed E-state index contributed by atoms with van der Waals surface area (Å²) in [7, 11) is 0. The average Bonchev–Trinajstić information content (AvgIpc) is 2.78. The highest BCUT2D eigenvalue weighted by atomic mass is 16.2. The molecular formula is C15H30N2O. The fraction of sp³-hybridized carbons (Fsp3) is 0.933. The van der Waals surface area contributed by atoms with E-state index in [1.54, 1.807) is 0 Å². The van der Waals surface area contributed by atoms with Gasteiger partial charge in [0.05, 0.1) is 5.41 Å². The van der Waals surface area contributed by atoms with E-state index in [1.165, 1.54) is 12.8 Å². The van der Waals surface area contributed by atoms with Crippen molar-refractivity contribution in [3.8, 4) is 0 Å². The second-order valence-electron chi connectivity index (χ2n) is 6.10. The molecule has 0 aromatic heterocycles. The summed E-state index contributed by atoms with van der Waals surface area (Å²) < 4.78 is 0. The molecule has 0 aliphatic carbocycles. The summed E-state index contributed by atoms with van der Waals surface area (Å²) >= 11 is 0. The fourth-order valence-electron chi connectivity index (χ4n) is 2.81. The number of rotatable bonds is 8. The van der Waals surface area contributed by atoms with Crippen molar-refractivity contribution in [1.29, 1.82) is 0 Å². The Kier molecular flexibility index (Phi) is 6.69. The molecule has 3 nitrogen and oxygen atoms in total. The zero-order valence-corrected chi connectivity index (χ0v) is 12.3. The molecular weight excluding hydrogens is 224 g/mol. The van der Waals surface area contributed by atoms with Crippen LogP contribution in [0.25, 0.3) is 0 Å². The molecule has 18 heavy (non-hydrogen) atoms. The van der Waals surface area contributed by atoms with Crippen molar-refractivity contribution < 1.29 is 4.79 Å². The van der Waals surface area contributed by atoms with Gasteiger partial charge in [0.2, 0.25) is 5.91 Å². The molecule has 3 heteroatoms. The minimum atomic E-state index is -0.118. The van der Waals surface area contributed by atoms with Gasteiger partial charge in [0.15, 0.2) is 0 Å². The van der Waals surface area contributed by atoms with E-state index in [1.807, 2.05) is 0 Å². The maximum atomic E-state index is 12.3. The lowest BCUT2D eigenvalue weighted by Crippen LogP contribution is -2.42. The first-order chi connectivity index (χ1) is 8.60. The van der Waals surface area contributed by atoms with Gasteiger partial charge in [0.25, 0.3) is 0 Å². The Morgan fingerprint density at radius 1 is 1.39 bits per heavy atom. The molecule has 1 atom stereocenters. The summed E-state index contributed by atoms with van der Waals surface area (Å²) in [4.78, 5) is 12.3. The molecule has 1 aliphatic rings. The van der Waals surface area contributed by atoms with Crippen LogP contribution in [0.5, 0.6) is 0 Å². The van der Waals surface area contributed by atoms with Crippen LogP contribution in [0.3, 0.4) is 0 Å². The third-order valence-electron chi connectivity index (χ3n) is 3.95. The van der Waals surface area contributed by atoms with E-state index in [0.717, 1.165) is 51.2 Å². The third kappa shape index (κ3) is 4.60. The van der Waals surface area contributed by atoms with Gasteiger partial charge < -0.3 is 10.6 Å². The molecule has 1 rings (SSSR count). The number of unbranched alkanes of at least 4 members (excludes halogenated alkanes) is 1. The normalized spacial score (nSPS) is 23.6. The van der Waals surface area contributed by atoms with Gasteiger partial charge in [0, 0.05) is 13.1 Å². The Hall–Kier alpha value is -0.570. The van der Waals surface area contributed by atoms with Crippen molar-refractivity contribution in [3.05, 3.63) is 0 Å². The molecule has 1 heterocycles. The van der Waals surface area contributed by atoms with E-state index in [4.69, 9.17) is 0 Å². The number of nitrogens with one attached hydrogen (secondary N) is 2. The number of carbonyl (C=O) groups is 1. The van der Waals surface area contributed by atoms with E-state index in [0.29, 0.717) is 0 Å². The quantitative estimate of drug-likeness (QED) is 0.654. The summed E-state index contributed by atoms with van der Waals surface area (Å²) in [6, 6.07) is 0. The average molecular weight is 254 g/mol. The van der Waals surface area contributed by atoms with E-state index >= 15 is 0 Å². The molecule has 0 aromatic carbocycles. The van der Waals surface area contributed by atoms with Crippen LogP contribution in [-0.2, 0) is 4.79 Å². The van der Waals surface area contributed by atoms with Crippen LogP contribution >= 0.6 is 0 Å². The number of amides is 1. The Balaban J connectivity index is 2.25. The Bertz CT molecular complexity index is 245. The van der Waals surface area contributed by atoms with E-state index in [2.05, 4.69) is 31.4 Å². The summed E-state index contributed by atoms with van der Waals surface area (Å²) in [6.45, 7) is 9.35. The van der Waals surface area contributed by atoms with Crippen molar-refractivity contribution in [2.75, 3.05) is 19.6 Å². The second kappa shape index (κ2) is 7.78. The largest absolute Gasteiger partial charge is 0.356 e. The van der Waals surface area contributed by atoms with Gasteiger partial charge in [-0.25, -0.2) is 0 Å². The molecule has 0 aromatic rings. The van der Waals surface area contributed by atoms with Crippen LogP contribution in [0.2, 0.25) is 0 Å². The third-order valence-corrected chi connectivity index (χ3v) is 3.95. The SMILES string of the molecule is CCCC1(C(=O)NCCCCC(C)C)CCNC1. The predicted molar refractivity (Wildman–Crippen MR) is 76.5 cm³/mol. The lowest BCUT2D eigenvalue weighted by atomic mass is 9.81. The first-order valence-corrected chi connectivity index (χ1v) is 7.60. The molecule has 1 amide bonds. The first-order valence-electron chi connectivity index (χ1n) is 7.60. The lowest BCUT2D eigenvalue weighted by molar-refractivity contribution is -0.130. The van der Waals surface area contributed by atoms with Crippen molar-refractivity contribution in [3.63, 3.8) is 0 Å². The smallest absolute Gasteiger partial charge is 0.227 e. The molecule has 1 saturated heterocycles. The van der Waals surface area contributed by atoms with E-state index in [9.17, 15) is 4.79 Å². The molecule has 1 fully saturated rings. The second-order valence-corrected chi connectivity index (χ2v) is 6.10. The van der Waals surface area contributed by atoms with Gasteiger partial charge in [-0.2, -0.15) is 0 Å². The van der Waals surface area contributed by atoms with Crippen LogP contribution in [0.4, 0.5) is 0 Å². The van der Waals surface area contributed by atoms with Crippen molar-refractivity contribution in [2.45, 2.75) is 59.3 Å². The highest BCUT2D eigenvalue weighted by Gasteiger charge is 2.39. The Morgan fingerprint density at radius 2 is 2.17 bits per heavy atom. The number of hydrogen-bond acceptors (Lipinski definition) is 2. The molecule has 1 aliphatic heterocycles. The van der Waals surface area contributed by atoms with Crippen molar-refractivity contribution in [1.82, 2.24) is 10.6 Å². The number of hydrogen-bond donors (Lipinski definition) is 2. The summed E-state index contributed by atoms with van der Waals surface area (Å²) in [5, 5.41) is 6.48. The molecule has 2 N–H and O–H groups in total. The Morgan fingerprint density at radius 3 is 2.72 bits per heavy atom. The zero-order valence-electron chi connectivity index (χ0n) is 12.3. The maximum absolute atomic E-state index is 12.3. The van der Waals surface area contributed by atoms with Crippen LogP contribution in [0, 0.1) is 11.3 Å². The highest BCUT2D eigenvalue weighted by Crippen LogP contribution is 2.31. The molecule has 0 saturated carbocycles. The predicted octanol–water partition coefficient (Wildman–Crippen LogP) is 2.71. The van der Waals surface area contributed by atoms with Crippen LogP contribution < -0.4 is 10.6 Å². The topological polar surface area (TPSA) is 41.1 Å². The van der Waals surface area contributed by atoms with Crippen molar-refractivity contribution in [2.24, 2.45) is 11.3 Å². The molecule has 0 bridgehead atoms. The minimum Gasteiger partial charge on any atom is -0.356 e. The maximum Gasteiger partial charge on any atom is 0.227 e. The molecule has 0 spiro atoms. The number of carbonyl (C=O) groups excluding carboxylic acids is 1. The van der Waals surface area contributed by atoms with Gasteiger partial charge in [0.1, 0.15) is 0 Å². The molecule has 106 valence electrons. The van der Waals surface area contributed by atoms with Gasteiger partial charge in [-0.3, -0.25) is 4.79 Å². The van der Waals surface area contributed by atoms with Crippen LogP contribution in [-0.4, -0.2) is 25.5 Å². The Labute approximate surface area is 112 Å². The zero-order chi connectivity index (χ0) is 13.4. The molecule has 0 radical (unpaired) electrons. The fourth-order valence-corrected chi connectivity index (χ4v) is 2.81. The monoisotopic (exact) mass is 254 g/mol. The van der Waals surface area contributed by atoms with Gasteiger partial charge in [-0.1, -0.05) is 40.0 Å². The minimum absolute atomic E-state index is 0.118. The standard InChI is InChI=1S/C15H30N2O/c1-4-8-15(9-11-16-12-15)14(18)17-10-6-5-7-13(2)3/h13,16H,4-12H2,1-3H3,(H,17,18). The van der Waals surface area contributed by atoms with Crippen LogP contribution in [0.15, 0.2) is 0 Å². The van der Waals surface area contributed by atoms with Crippen molar-refractivity contribution >= 4 is 5.91 Å². The summed E-state index contributed by atoms with van der Waals surface area (Å²) in [5.41, 5.74) is -0.118. The van der Waals surface area contributed by atoms with Gasteiger partial charge in [-0.15, -0.1) is 0 Å². The van der Waals surface area contributed by atoms with E-state index < -0.39 is 0 Å². The van der Waals surface area contributed by atoms with Gasteiger partial charge in [-0.05, 0) is 31.7 Å². The van der Waals surface area contributed by atoms with Crippen LogP contribution in [0.1, 0.15) is 59.3 Å². The first kappa shape index (κ1) is 15.5. The summed E-state index contributed by atoms with van der Waals surface area (Å²) in [5.74, 6) is 1.05.